The fourth-order valence-corrected chi connectivity index (χ4v) is 3.70. The molecular weight excluding hydrogens is 362 g/mol. The summed E-state index contributed by atoms with van der Waals surface area (Å²) in [5.41, 5.74) is 0. The lowest BCUT2D eigenvalue weighted by molar-refractivity contribution is -0.131. The summed E-state index contributed by atoms with van der Waals surface area (Å²) in [6, 6.07) is -0.342. The van der Waals surface area contributed by atoms with Gasteiger partial charge in [0.2, 0.25) is 11.8 Å². The van der Waals surface area contributed by atoms with E-state index in [0.29, 0.717) is 6.54 Å². The highest BCUT2D eigenvalue weighted by Crippen LogP contribution is 2.27. The van der Waals surface area contributed by atoms with Gasteiger partial charge in [0, 0.05) is 25.6 Å². The molecule has 158 valence electrons. The molecule has 8 nitrogen and oxygen atoms in total. The van der Waals surface area contributed by atoms with Crippen LogP contribution in [0, 0.1) is 5.92 Å². The second kappa shape index (κ2) is 10.9. The second-order valence-electron chi connectivity index (χ2n) is 7.80. The number of rotatable bonds is 9. The molecule has 0 unspecified atom stereocenters. The number of aliphatic hydroxyl groups is 1. The smallest absolute Gasteiger partial charge is 0.223 e. The highest BCUT2D eigenvalue weighted by atomic mass is 16.5. The third-order valence-corrected chi connectivity index (χ3v) is 5.71. The zero-order valence-electron chi connectivity index (χ0n) is 16.5. The van der Waals surface area contributed by atoms with Crippen LogP contribution in [0.5, 0.6) is 0 Å². The largest absolute Gasteiger partial charge is 0.394 e. The molecule has 3 rings (SSSR count). The highest BCUT2D eigenvalue weighted by molar-refractivity contribution is 5.80. The minimum absolute atomic E-state index is 0.0272. The van der Waals surface area contributed by atoms with Crippen molar-refractivity contribution in [1.82, 2.24) is 15.5 Å². The molecule has 0 bridgehead atoms. The minimum atomic E-state index is -0.520. The number of hydrogen-bond donors (Lipinski definition) is 3. The van der Waals surface area contributed by atoms with Crippen molar-refractivity contribution < 1.29 is 24.2 Å². The molecule has 2 aliphatic heterocycles. The summed E-state index contributed by atoms with van der Waals surface area (Å²) in [7, 11) is 0. The number of carbonyl (C=O) groups is 2. The molecule has 0 spiro atoms. The summed E-state index contributed by atoms with van der Waals surface area (Å²) in [6.07, 6.45) is 6.84. The number of amides is 2. The first-order chi connectivity index (χ1) is 13.7. The van der Waals surface area contributed by atoms with E-state index in [1.165, 1.54) is 0 Å². The van der Waals surface area contributed by atoms with Crippen LogP contribution in [-0.2, 0) is 19.1 Å². The number of nitrogens with one attached hydrogen (secondary N) is 2. The van der Waals surface area contributed by atoms with Crippen LogP contribution in [0.15, 0.2) is 12.2 Å². The van der Waals surface area contributed by atoms with E-state index >= 15 is 0 Å². The summed E-state index contributed by atoms with van der Waals surface area (Å²) in [5.74, 6) is 0.0541. The molecule has 28 heavy (non-hydrogen) atoms. The van der Waals surface area contributed by atoms with Crippen molar-refractivity contribution in [3.05, 3.63) is 12.2 Å². The van der Waals surface area contributed by atoms with Gasteiger partial charge < -0.3 is 25.2 Å². The molecule has 2 fully saturated rings. The number of ether oxygens (including phenoxy) is 2. The number of morpholine rings is 1. The van der Waals surface area contributed by atoms with E-state index in [1.54, 1.807) is 0 Å². The molecule has 1 aliphatic carbocycles. The van der Waals surface area contributed by atoms with Crippen LogP contribution >= 0.6 is 0 Å². The number of nitrogens with zero attached hydrogens (tertiary/aromatic N) is 1. The van der Waals surface area contributed by atoms with Crippen molar-refractivity contribution in [1.29, 1.82) is 0 Å². The number of hydrogen-bond acceptors (Lipinski definition) is 6. The van der Waals surface area contributed by atoms with Crippen LogP contribution in [0.25, 0.3) is 0 Å². The lowest BCUT2D eigenvalue weighted by Crippen LogP contribution is -2.51. The maximum atomic E-state index is 12.2. The average molecular weight is 396 g/mol. The number of carbonyl (C=O) groups excluding carboxylic acids is 2. The van der Waals surface area contributed by atoms with Gasteiger partial charge in [-0.15, -0.1) is 0 Å². The molecule has 0 radical (unpaired) electrons. The van der Waals surface area contributed by atoms with E-state index in [4.69, 9.17) is 9.47 Å². The normalized spacial score (nSPS) is 28.5. The van der Waals surface area contributed by atoms with Crippen LogP contribution in [0.3, 0.4) is 0 Å². The summed E-state index contributed by atoms with van der Waals surface area (Å²) >= 11 is 0. The Labute approximate surface area is 166 Å². The zero-order valence-corrected chi connectivity index (χ0v) is 16.5. The van der Waals surface area contributed by atoms with Crippen LogP contribution < -0.4 is 10.6 Å². The van der Waals surface area contributed by atoms with Crippen molar-refractivity contribution in [3.8, 4) is 0 Å². The van der Waals surface area contributed by atoms with Crippen molar-refractivity contribution in [3.63, 3.8) is 0 Å². The maximum Gasteiger partial charge on any atom is 0.223 e. The fourth-order valence-electron chi connectivity index (χ4n) is 3.70. The Bertz CT molecular complexity index is 546. The van der Waals surface area contributed by atoms with Crippen molar-refractivity contribution >= 4 is 11.8 Å². The third kappa shape index (κ3) is 6.27. The molecule has 0 aromatic heterocycles. The Morgan fingerprint density at radius 3 is 2.64 bits per heavy atom. The second-order valence-corrected chi connectivity index (χ2v) is 7.80. The van der Waals surface area contributed by atoms with Gasteiger partial charge in [0.25, 0.3) is 0 Å². The summed E-state index contributed by atoms with van der Waals surface area (Å²) in [4.78, 5) is 26.6. The molecular formula is C20H33N3O5. The summed E-state index contributed by atoms with van der Waals surface area (Å²) < 4.78 is 11.1. The lowest BCUT2D eigenvalue weighted by Gasteiger charge is -2.33. The Kier molecular flexibility index (Phi) is 8.27. The molecule has 3 atom stereocenters. The van der Waals surface area contributed by atoms with Gasteiger partial charge in [-0.2, -0.15) is 0 Å². The van der Waals surface area contributed by atoms with Crippen molar-refractivity contribution in [2.24, 2.45) is 5.92 Å². The molecule has 3 aliphatic rings. The van der Waals surface area contributed by atoms with E-state index in [-0.39, 0.29) is 42.9 Å². The van der Waals surface area contributed by atoms with Gasteiger partial charge >= 0.3 is 0 Å². The molecule has 1 saturated heterocycles. The molecule has 2 heterocycles. The Morgan fingerprint density at radius 1 is 1.18 bits per heavy atom. The standard InChI is InChI=1S/C20H33N3O5/c24-14-18-17(22-20(26)15-3-1-4-15)6-5-16(28-18)13-19(25)21-7-2-8-23-9-11-27-12-10-23/h5-6,15-18,24H,1-4,7-14H2,(H,21,25)(H,22,26)/t16-,17+,18-/m0/s1. The predicted octanol–water partition coefficient (Wildman–Crippen LogP) is -0.184. The lowest BCUT2D eigenvalue weighted by atomic mass is 9.84. The van der Waals surface area contributed by atoms with Crippen molar-refractivity contribution in [2.45, 2.75) is 50.4 Å². The monoisotopic (exact) mass is 395 g/mol. The van der Waals surface area contributed by atoms with Gasteiger partial charge in [0.05, 0.1) is 38.4 Å². The van der Waals surface area contributed by atoms with Gasteiger partial charge in [-0.3, -0.25) is 14.5 Å². The third-order valence-electron chi connectivity index (χ3n) is 5.71. The zero-order chi connectivity index (χ0) is 19.8. The van der Waals surface area contributed by atoms with Crippen LogP contribution in [0.1, 0.15) is 32.1 Å². The SMILES string of the molecule is O=C(C[C@@H]1C=C[C@@H](NC(=O)C2CCC2)[C@H](CO)O1)NCCCN1CCOCC1. The van der Waals surface area contributed by atoms with Crippen LogP contribution in [-0.4, -0.2) is 86.1 Å². The van der Waals surface area contributed by atoms with Gasteiger partial charge in [0.1, 0.15) is 6.10 Å². The van der Waals surface area contributed by atoms with E-state index in [0.717, 1.165) is 58.5 Å². The van der Waals surface area contributed by atoms with Crippen LogP contribution in [0.4, 0.5) is 0 Å². The Hall–Kier alpha value is -1.48. The Balaban J connectivity index is 1.35. The summed E-state index contributed by atoms with van der Waals surface area (Å²) in [6.45, 7) is 4.87. The fraction of sp³-hybridized carbons (Fsp3) is 0.800. The van der Waals surface area contributed by atoms with E-state index in [9.17, 15) is 14.7 Å². The molecule has 2 amide bonds. The predicted molar refractivity (Wildman–Crippen MR) is 104 cm³/mol. The highest BCUT2D eigenvalue weighted by Gasteiger charge is 2.32. The van der Waals surface area contributed by atoms with Crippen molar-refractivity contribution in [2.75, 3.05) is 46.0 Å². The van der Waals surface area contributed by atoms with Gasteiger partial charge in [-0.25, -0.2) is 0 Å². The molecule has 0 aromatic rings. The van der Waals surface area contributed by atoms with Gasteiger partial charge in [0.15, 0.2) is 0 Å². The maximum absolute atomic E-state index is 12.2. The first-order valence-electron chi connectivity index (χ1n) is 10.5. The van der Waals surface area contributed by atoms with Gasteiger partial charge in [-0.05, 0) is 25.8 Å². The van der Waals surface area contributed by atoms with Gasteiger partial charge in [-0.1, -0.05) is 18.6 Å². The molecule has 1 saturated carbocycles. The molecule has 8 heteroatoms. The first kappa shape index (κ1) is 21.2. The van der Waals surface area contributed by atoms with E-state index in [2.05, 4.69) is 15.5 Å². The topological polar surface area (TPSA) is 100 Å². The Morgan fingerprint density at radius 2 is 1.96 bits per heavy atom. The van der Waals surface area contributed by atoms with Crippen LogP contribution in [0.2, 0.25) is 0 Å². The quantitative estimate of drug-likeness (QED) is 0.370. The average Bonchev–Trinajstić information content (AvgIpc) is 2.66. The molecule has 3 N–H and O–H groups in total. The minimum Gasteiger partial charge on any atom is -0.394 e. The number of aliphatic hydroxyl groups excluding tert-OH is 1. The van der Waals surface area contributed by atoms with E-state index in [1.807, 2.05) is 12.2 Å². The van der Waals surface area contributed by atoms with E-state index < -0.39 is 6.10 Å². The summed E-state index contributed by atoms with van der Waals surface area (Å²) in [5, 5.41) is 15.5. The molecule has 0 aromatic carbocycles. The first-order valence-corrected chi connectivity index (χ1v) is 10.5.